The van der Waals surface area contributed by atoms with Gasteiger partial charge in [-0.2, -0.15) is 10.1 Å². The molecule has 7 heteroatoms. The van der Waals surface area contributed by atoms with Crippen LogP contribution in [0.15, 0.2) is 12.1 Å². The van der Waals surface area contributed by atoms with Crippen LogP contribution in [0.5, 0.6) is 0 Å². The normalized spacial score (nSPS) is 18.7. The maximum absolute atomic E-state index is 4.87. The van der Waals surface area contributed by atoms with E-state index >= 15 is 0 Å². The van der Waals surface area contributed by atoms with Gasteiger partial charge in [-0.15, -0.1) is 0 Å². The summed E-state index contributed by atoms with van der Waals surface area (Å²) < 4.78 is 1.95. The zero-order valence-electron chi connectivity index (χ0n) is 16.1. The van der Waals surface area contributed by atoms with Gasteiger partial charge < -0.3 is 9.80 Å². The van der Waals surface area contributed by atoms with Gasteiger partial charge >= 0.3 is 0 Å². The zero-order chi connectivity index (χ0) is 18.1. The summed E-state index contributed by atoms with van der Waals surface area (Å²) in [5, 5.41) is 4.58. The number of aromatic nitrogens is 4. The molecule has 2 aromatic heterocycles. The van der Waals surface area contributed by atoms with Crippen molar-refractivity contribution >= 4 is 11.8 Å². The summed E-state index contributed by atoms with van der Waals surface area (Å²) in [5.41, 5.74) is 3.42. The number of anilines is 2. The van der Waals surface area contributed by atoms with E-state index in [-0.39, 0.29) is 0 Å². The lowest BCUT2D eigenvalue weighted by Crippen LogP contribution is -2.46. The Hall–Kier alpha value is -2.15. The Morgan fingerprint density at radius 2 is 1.62 bits per heavy atom. The zero-order valence-corrected chi connectivity index (χ0v) is 16.1. The van der Waals surface area contributed by atoms with Gasteiger partial charge in [-0.05, 0) is 32.8 Å². The predicted molar refractivity (Wildman–Crippen MR) is 104 cm³/mol. The standard InChI is InChI=1S/C19H29N7/c1-15-12-18(25-6-4-5-7-25)21-19(20-15)26-10-8-24(9-11-26)14-17-13-16(2)23(3)22-17/h12-13H,4-11,14H2,1-3H3. The maximum Gasteiger partial charge on any atom is 0.227 e. The molecular formula is C19H29N7. The molecular weight excluding hydrogens is 326 g/mol. The Kier molecular flexibility index (Phi) is 4.80. The van der Waals surface area contributed by atoms with Crippen LogP contribution in [0.25, 0.3) is 0 Å². The molecule has 4 rings (SSSR count). The van der Waals surface area contributed by atoms with E-state index in [2.05, 4.69) is 45.8 Å². The summed E-state index contributed by atoms with van der Waals surface area (Å²) in [7, 11) is 2.00. The highest BCUT2D eigenvalue weighted by atomic mass is 15.3. The van der Waals surface area contributed by atoms with Gasteiger partial charge in [0.05, 0.1) is 5.69 Å². The number of aryl methyl sites for hydroxylation is 3. The Morgan fingerprint density at radius 3 is 2.27 bits per heavy atom. The first-order valence-corrected chi connectivity index (χ1v) is 9.66. The smallest absolute Gasteiger partial charge is 0.227 e. The van der Waals surface area contributed by atoms with E-state index in [9.17, 15) is 0 Å². The van der Waals surface area contributed by atoms with E-state index in [1.165, 1.54) is 18.5 Å². The molecule has 0 amide bonds. The molecule has 7 nitrogen and oxygen atoms in total. The molecule has 0 N–H and O–H groups in total. The molecule has 0 aliphatic carbocycles. The molecule has 0 atom stereocenters. The van der Waals surface area contributed by atoms with Crippen LogP contribution in [-0.2, 0) is 13.6 Å². The Labute approximate surface area is 155 Å². The molecule has 0 unspecified atom stereocenters. The fraction of sp³-hybridized carbons (Fsp3) is 0.632. The molecule has 2 aliphatic rings. The summed E-state index contributed by atoms with van der Waals surface area (Å²) in [4.78, 5) is 16.8. The number of hydrogen-bond donors (Lipinski definition) is 0. The second kappa shape index (κ2) is 7.23. The highest BCUT2D eigenvalue weighted by Crippen LogP contribution is 2.22. The van der Waals surface area contributed by atoms with Crippen molar-refractivity contribution in [2.45, 2.75) is 33.2 Å². The number of hydrogen-bond acceptors (Lipinski definition) is 6. The molecule has 0 aromatic carbocycles. The number of piperazine rings is 1. The molecule has 0 bridgehead atoms. The largest absolute Gasteiger partial charge is 0.356 e. The summed E-state index contributed by atoms with van der Waals surface area (Å²) in [6, 6.07) is 4.30. The highest BCUT2D eigenvalue weighted by molar-refractivity contribution is 5.46. The Balaban J connectivity index is 1.39. The van der Waals surface area contributed by atoms with Crippen molar-refractivity contribution in [3.63, 3.8) is 0 Å². The molecule has 2 aliphatic heterocycles. The second-order valence-corrected chi connectivity index (χ2v) is 7.53. The minimum atomic E-state index is 0.889. The third kappa shape index (κ3) is 3.67. The lowest BCUT2D eigenvalue weighted by molar-refractivity contribution is 0.245. The van der Waals surface area contributed by atoms with E-state index in [1.54, 1.807) is 0 Å². The number of nitrogens with zero attached hydrogens (tertiary/aromatic N) is 7. The summed E-state index contributed by atoms with van der Waals surface area (Å²) in [6.45, 7) is 11.3. The third-order valence-corrected chi connectivity index (χ3v) is 5.46. The number of rotatable bonds is 4. The Morgan fingerprint density at radius 1 is 0.885 bits per heavy atom. The van der Waals surface area contributed by atoms with Gasteiger partial charge in [0.15, 0.2) is 0 Å². The first-order valence-electron chi connectivity index (χ1n) is 9.66. The van der Waals surface area contributed by atoms with Gasteiger partial charge in [-0.25, -0.2) is 4.98 Å². The SMILES string of the molecule is Cc1cc(N2CCCC2)nc(N2CCN(Cc3cc(C)n(C)n3)CC2)n1. The van der Waals surface area contributed by atoms with E-state index in [4.69, 9.17) is 9.97 Å². The lowest BCUT2D eigenvalue weighted by atomic mass is 10.3. The fourth-order valence-corrected chi connectivity index (χ4v) is 3.83. The van der Waals surface area contributed by atoms with E-state index < -0.39 is 0 Å². The molecule has 0 radical (unpaired) electrons. The summed E-state index contributed by atoms with van der Waals surface area (Å²) in [6.07, 6.45) is 2.54. The van der Waals surface area contributed by atoms with E-state index in [0.717, 1.165) is 69.0 Å². The van der Waals surface area contributed by atoms with Crippen molar-refractivity contribution in [1.29, 1.82) is 0 Å². The van der Waals surface area contributed by atoms with Gasteiger partial charge in [-0.3, -0.25) is 9.58 Å². The summed E-state index contributed by atoms with van der Waals surface area (Å²) >= 11 is 0. The van der Waals surface area contributed by atoms with Gasteiger partial charge in [0.2, 0.25) is 5.95 Å². The third-order valence-electron chi connectivity index (χ3n) is 5.46. The predicted octanol–water partition coefficient (Wildman–Crippen LogP) is 1.75. The molecule has 4 heterocycles. The first-order chi connectivity index (χ1) is 12.6. The average molecular weight is 355 g/mol. The monoisotopic (exact) mass is 355 g/mol. The van der Waals surface area contributed by atoms with Gasteiger partial charge in [0.1, 0.15) is 5.82 Å². The van der Waals surface area contributed by atoms with Crippen molar-refractivity contribution in [3.05, 3.63) is 29.2 Å². The minimum absolute atomic E-state index is 0.889. The fourth-order valence-electron chi connectivity index (χ4n) is 3.83. The van der Waals surface area contributed by atoms with E-state index in [1.807, 2.05) is 11.7 Å². The average Bonchev–Trinajstić information content (AvgIpc) is 3.26. The van der Waals surface area contributed by atoms with Crippen molar-refractivity contribution in [2.75, 3.05) is 49.1 Å². The van der Waals surface area contributed by atoms with Gasteiger partial charge in [-0.1, -0.05) is 0 Å². The Bertz CT molecular complexity index is 736. The lowest BCUT2D eigenvalue weighted by Gasteiger charge is -2.34. The quantitative estimate of drug-likeness (QED) is 0.833. The van der Waals surface area contributed by atoms with Crippen LogP contribution >= 0.6 is 0 Å². The molecule has 0 spiro atoms. The van der Waals surface area contributed by atoms with Crippen LogP contribution in [0.3, 0.4) is 0 Å². The molecule has 140 valence electrons. The highest BCUT2D eigenvalue weighted by Gasteiger charge is 2.22. The van der Waals surface area contributed by atoms with Crippen LogP contribution < -0.4 is 9.80 Å². The summed E-state index contributed by atoms with van der Waals surface area (Å²) in [5.74, 6) is 1.98. The van der Waals surface area contributed by atoms with Crippen molar-refractivity contribution in [3.8, 4) is 0 Å². The van der Waals surface area contributed by atoms with Crippen molar-refractivity contribution < 1.29 is 0 Å². The van der Waals surface area contributed by atoms with Crippen molar-refractivity contribution in [2.24, 2.45) is 7.05 Å². The van der Waals surface area contributed by atoms with Crippen LogP contribution in [-0.4, -0.2) is 63.9 Å². The minimum Gasteiger partial charge on any atom is -0.356 e. The second-order valence-electron chi connectivity index (χ2n) is 7.53. The molecule has 26 heavy (non-hydrogen) atoms. The van der Waals surface area contributed by atoms with Crippen molar-refractivity contribution in [1.82, 2.24) is 24.6 Å². The molecule has 2 aromatic rings. The topological polar surface area (TPSA) is 53.3 Å². The molecule has 2 saturated heterocycles. The van der Waals surface area contributed by atoms with Crippen LogP contribution in [0.1, 0.15) is 29.9 Å². The van der Waals surface area contributed by atoms with Crippen LogP contribution in [0, 0.1) is 13.8 Å². The first kappa shape index (κ1) is 17.3. The van der Waals surface area contributed by atoms with E-state index in [0.29, 0.717) is 0 Å². The van der Waals surface area contributed by atoms with Crippen LogP contribution in [0.4, 0.5) is 11.8 Å². The molecule has 2 fully saturated rings. The van der Waals surface area contributed by atoms with Crippen LogP contribution in [0.2, 0.25) is 0 Å². The molecule has 0 saturated carbocycles. The van der Waals surface area contributed by atoms with Gasteiger partial charge in [0.25, 0.3) is 0 Å². The van der Waals surface area contributed by atoms with Gasteiger partial charge in [0, 0.05) is 70.3 Å². The maximum atomic E-state index is 4.87.